The first-order chi connectivity index (χ1) is 15.9. The van der Waals surface area contributed by atoms with Crippen molar-refractivity contribution in [3.05, 3.63) is 24.3 Å². The first kappa shape index (κ1) is 24.0. The molecular weight excluding hydrogens is 424 g/mol. The molecule has 2 saturated heterocycles. The second kappa shape index (κ2) is 9.22. The minimum atomic E-state index is -1.28. The van der Waals surface area contributed by atoms with E-state index in [2.05, 4.69) is 6.92 Å². The molecule has 1 N–H and O–H groups in total. The number of carbonyl (C=O) groups is 3. The molecule has 4 aliphatic rings. The fourth-order valence-corrected chi connectivity index (χ4v) is 6.14. The number of aliphatic hydroxyl groups excluding tert-OH is 1. The van der Waals surface area contributed by atoms with Gasteiger partial charge in [0.1, 0.15) is 29.8 Å². The summed E-state index contributed by atoms with van der Waals surface area (Å²) in [5.74, 6) is -2.70. The highest BCUT2D eigenvalue weighted by Gasteiger charge is 2.75. The van der Waals surface area contributed by atoms with Gasteiger partial charge in [-0.3, -0.25) is 14.4 Å². The van der Waals surface area contributed by atoms with Crippen molar-refractivity contribution in [2.75, 3.05) is 26.3 Å². The Morgan fingerprint density at radius 3 is 2.55 bits per heavy atom. The van der Waals surface area contributed by atoms with Gasteiger partial charge in [0.15, 0.2) is 0 Å². The van der Waals surface area contributed by atoms with Crippen LogP contribution in [0.1, 0.15) is 52.9 Å². The maximum Gasteiger partial charge on any atom is 0.313 e. The van der Waals surface area contributed by atoms with Gasteiger partial charge in [0, 0.05) is 13.1 Å². The Morgan fingerprint density at radius 1 is 1.09 bits per heavy atom. The Labute approximate surface area is 195 Å². The molecule has 8 heteroatoms. The molecule has 182 valence electrons. The minimum Gasteiger partial charge on any atom is -0.461 e. The quantitative estimate of drug-likeness (QED) is 0.337. The summed E-state index contributed by atoms with van der Waals surface area (Å²) in [6.45, 7) is 6.81. The van der Waals surface area contributed by atoms with E-state index >= 15 is 0 Å². The van der Waals surface area contributed by atoms with Crippen molar-refractivity contribution in [3.8, 4) is 0 Å². The van der Waals surface area contributed by atoms with Crippen LogP contribution < -0.4 is 0 Å². The van der Waals surface area contributed by atoms with Crippen LogP contribution in [0, 0.1) is 11.8 Å². The van der Waals surface area contributed by atoms with Gasteiger partial charge in [-0.05, 0) is 25.3 Å². The largest absolute Gasteiger partial charge is 0.461 e. The lowest BCUT2D eigenvalue weighted by atomic mass is 9.73. The third-order valence-corrected chi connectivity index (χ3v) is 7.82. The Balaban J connectivity index is 1.84. The Kier molecular flexibility index (Phi) is 6.69. The number of amides is 2. The lowest BCUT2D eigenvalue weighted by Crippen LogP contribution is -2.58. The molecule has 1 unspecified atom stereocenters. The van der Waals surface area contributed by atoms with Gasteiger partial charge in [0.05, 0.1) is 18.6 Å². The highest BCUT2D eigenvalue weighted by atomic mass is 16.6. The zero-order valence-electron chi connectivity index (χ0n) is 19.9. The van der Waals surface area contributed by atoms with Crippen molar-refractivity contribution in [3.63, 3.8) is 0 Å². The van der Waals surface area contributed by atoms with Gasteiger partial charge in [-0.1, -0.05) is 51.8 Å². The van der Waals surface area contributed by atoms with Crippen LogP contribution in [0.2, 0.25) is 0 Å². The third kappa shape index (κ3) is 3.53. The fourth-order valence-electron chi connectivity index (χ4n) is 6.14. The topological polar surface area (TPSA) is 96.4 Å². The standard InChI is InChI=1S/C25H36N2O6/c1-4-7-8-13-26-14-9-12-25-18(19-23(31)32-15-10-11-24(19,6-3)33-25)21(29)27(17(5-2)16-28)20(25)22(26)30/h9-12,17-20,28H,4-8,13-16H2,1-3H3/t17-,18-,19+,20?,24-,25-/m0/s1. The van der Waals surface area contributed by atoms with Crippen LogP contribution in [-0.2, 0) is 23.9 Å². The van der Waals surface area contributed by atoms with Crippen LogP contribution in [0.25, 0.3) is 0 Å². The predicted molar refractivity (Wildman–Crippen MR) is 121 cm³/mol. The van der Waals surface area contributed by atoms with Gasteiger partial charge >= 0.3 is 5.97 Å². The molecule has 0 aliphatic carbocycles. The highest BCUT2D eigenvalue weighted by Crippen LogP contribution is 2.58. The number of aliphatic hydroxyl groups is 1. The van der Waals surface area contributed by atoms with Crippen LogP contribution in [0.5, 0.6) is 0 Å². The average molecular weight is 461 g/mol. The summed E-state index contributed by atoms with van der Waals surface area (Å²) in [7, 11) is 0. The lowest BCUT2D eigenvalue weighted by molar-refractivity contribution is -0.161. The summed E-state index contributed by atoms with van der Waals surface area (Å²) in [6.07, 6.45) is 11.2. The zero-order valence-corrected chi connectivity index (χ0v) is 19.9. The molecule has 0 radical (unpaired) electrons. The van der Waals surface area contributed by atoms with Crippen LogP contribution in [0.3, 0.4) is 0 Å². The number of fused-ring (bicyclic) bond motifs is 2. The van der Waals surface area contributed by atoms with Crippen molar-refractivity contribution in [1.29, 1.82) is 0 Å². The third-order valence-electron chi connectivity index (χ3n) is 7.82. The van der Waals surface area contributed by atoms with Gasteiger partial charge in [-0.25, -0.2) is 0 Å². The van der Waals surface area contributed by atoms with Crippen molar-refractivity contribution in [2.24, 2.45) is 11.8 Å². The molecular formula is C25H36N2O6. The summed E-state index contributed by atoms with van der Waals surface area (Å²) in [5.41, 5.74) is -2.29. The molecule has 0 aromatic heterocycles. The Bertz CT molecular complexity index is 852. The number of hydrogen-bond donors (Lipinski definition) is 1. The first-order valence-electron chi connectivity index (χ1n) is 12.3. The van der Waals surface area contributed by atoms with Crippen molar-refractivity contribution in [2.45, 2.75) is 76.2 Å². The molecule has 1 spiro atoms. The first-order valence-corrected chi connectivity index (χ1v) is 12.3. The van der Waals surface area contributed by atoms with Gasteiger partial charge in [0.25, 0.3) is 0 Å². The summed E-state index contributed by atoms with van der Waals surface area (Å²) >= 11 is 0. The Hall–Kier alpha value is -2.19. The summed E-state index contributed by atoms with van der Waals surface area (Å²) in [4.78, 5) is 44.4. The zero-order chi connectivity index (χ0) is 23.8. The number of cyclic esters (lactones) is 1. The molecule has 8 nitrogen and oxygen atoms in total. The maximum absolute atomic E-state index is 14.0. The smallest absolute Gasteiger partial charge is 0.313 e. The van der Waals surface area contributed by atoms with E-state index in [9.17, 15) is 19.5 Å². The van der Waals surface area contributed by atoms with Gasteiger partial charge in [-0.15, -0.1) is 0 Å². The molecule has 2 amide bonds. The van der Waals surface area contributed by atoms with Gasteiger partial charge in [-0.2, -0.15) is 0 Å². The molecule has 4 aliphatic heterocycles. The van der Waals surface area contributed by atoms with Crippen molar-refractivity contribution >= 4 is 17.8 Å². The van der Waals surface area contributed by atoms with Crippen molar-refractivity contribution in [1.82, 2.24) is 9.80 Å². The summed E-state index contributed by atoms with van der Waals surface area (Å²) in [6, 6.07) is -1.46. The van der Waals surface area contributed by atoms with E-state index in [1.807, 2.05) is 32.1 Å². The highest BCUT2D eigenvalue weighted by molar-refractivity contribution is 5.99. The molecule has 4 rings (SSSR count). The number of rotatable bonds is 8. The van der Waals surface area contributed by atoms with E-state index in [1.54, 1.807) is 11.0 Å². The molecule has 6 atom stereocenters. The molecule has 0 aromatic rings. The minimum absolute atomic E-state index is 0.135. The molecule has 0 bridgehead atoms. The lowest BCUT2D eigenvalue weighted by Gasteiger charge is -2.40. The second-order valence-electron chi connectivity index (χ2n) is 9.54. The number of likely N-dealkylation sites (tertiary alicyclic amines) is 1. The Morgan fingerprint density at radius 2 is 1.88 bits per heavy atom. The number of hydrogen-bond acceptors (Lipinski definition) is 6. The van der Waals surface area contributed by atoms with E-state index in [4.69, 9.17) is 9.47 Å². The number of carbonyl (C=O) groups excluding carboxylic acids is 3. The van der Waals surface area contributed by atoms with Crippen LogP contribution in [0.4, 0.5) is 0 Å². The fraction of sp³-hybridized carbons (Fsp3) is 0.720. The average Bonchev–Trinajstić information content (AvgIpc) is 3.09. The normalized spacial score (nSPS) is 36.2. The van der Waals surface area contributed by atoms with Crippen LogP contribution in [0.15, 0.2) is 24.3 Å². The summed E-state index contributed by atoms with van der Waals surface area (Å²) < 4.78 is 12.2. The van der Waals surface area contributed by atoms with E-state index in [0.29, 0.717) is 25.9 Å². The van der Waals surface area contributed by atoms with E-state index in [1.165, 1.54) is 4.90 Å². The molecule has 0 aromatic carbocycles. The molecule has 4 heterocycles. The van der Waals surface area contributed by atoms with E-state index in [-0.39, 0.29) is 25.0 Å². The van der Waals surface area contributed by atoms with E-state index < -0.39 is 41.1 Å². The number of nitrogens with zero attached hydrogens (tertiary/aromatic N) is 2. The number of ether oxygens (including phenoxy) is 2. The van der Waals surface area contributed by atoms with Crippen LogP contribution >= 0.6 is 0 Å². The van der Waals surface area contributed by atoms with Gasteiger partial charge in [0.2, 0.25) is 11.8 Å². The van der Waals surface area contributed by atoms with E-state index in [0.717, 1.165) is 19.3 Å². The second-order valence-corrected chi connectivity index (χ2v) is 9.54. The van der Waals surface area contributed by atoms with Crippen molar-refractivity contribution < 1.29 is 29.0 Å². The van der Waals surface area contributed by atoms with Crippen LogP contribution in [-0.4, -0.2) is 82.3 Å². The summed E-state index contributed by atoms with van der Waals surface area (Å²) in [5, 5.41) is 10.1. The van der Waals surface area contributed by atoms with Gasteiger partial charge < -0.3 is 24.4 Å². The maximum atomic E-state index is 14.0. The molecule has 2 fully saturated rings. The SMILES string of the molecule is CCCCCN1CC=C[C@]23O[C@@]4(CC)C=CCOC(=O)[C@H]4[C@H]2C(=O)N([C@@H](CC)CO)C3C1=O. The molecule has 0 saturated carbocycles. The number of esters is 1. The number of unbranched alkanes of at least 4 members (excludes halogenated alkanes) is 2. The predicted octanol–water partition coefficient (Wildman–Crippen LogP) is 1.82. The monoisotopic (exact) mass is 460 g/mol. The molecule has 33 heavy (non-hydrogen) atoms.